The first-order chi connectivity index (χ1) is 18.6. The minimum Gasteiger partial charge on any atom is -0.490 e. The van der Waals surface area contributed by atoms with Crippen LogP contribution in [0, 0.1) is 0 Å². The number of fused-ring (bicyclic) bond motifs is 1. The van der Waals surface area contributed by atoms with Crippen LogP contribution < -0.4 is 14.8 Å². The SMILES string of the molecule is CCOc1ccc(Cn2cc(NC(=O)c3cc(-c4cnn(CC)c4)nc4ccccc34)cn2)cc1OCC. The third-order valence-electron chi connectivity index (χ3n) is 6.06. The Hall–Kier alpha value is -4.66. The fraction of sp³-hybridized carbons (Fsp3) is 0.241. The van der Waals surface area contributed by atoms with Crippen LogP contribution >= 0.6 is 0 Å². The molecule has 0 aliphatic carbocycles. The van der Waals surface area contributed by atoms with Crippen molar-refractivity contribution in [2.45, 2.75) is 33.9 Å². The monoisotopic (exact) mass is 510 g/mol. The summed E-state index contributed by atoms with van der Waals surface area (Å²) in [6, 6.07) is 15.3. The van der Waals surface area contributed by atoms with Gasteiger partial charge in [0.1, 0.15) is 0 Å². The van der Waals surface area contributed by atoms with Crippen LogP contribution in [0.2, 0.25) is 0 Å². The molecule has 0 saturated heterocycles. The van der Waals surface area contributed by atoms with E-state index in [-0.39, 0.29) is 5.91 Å². The van der Waals surface area contributed by atoms with E-state index >= 15 is 0 Å². The molecule has 1 N–H and O–H groups in total. The molecule has 0 radical (unpaired) electrons. The van der Waals surface area contributed by atoms with Gasteiger partial charge in [-0.05, 0) is 50.6 Å². The maximum atomic E-state index is 13.4. The van der Waals surface area contributed by atoms with Crippen molar-refractivity contribution < 1.29 is 14.3 Å². The van der Waals surface area contributed by atoms with E-state index in [1.165, 1.54) is 0 Å². The number of aromatic nitrogens is 5. The Kier molecular flexibility index (Phi) is 7.35. The lowest BCUT2D eigenvalue weighted by Crippen LogP contribution is -2.12. The van der Waals surface area contributed by atoms with Crippen molar-refractivity contribution in [1.29, 1.82) is 0 Å². The van der Waals surface area contributed by atoms with Gasteiger partial charge in [-0.25, -0.2) is 4.98 Å². The maximum absolute atomic E-state index is 13.4. The molecule has 2 aromatic carbocycles. The zero-order chi connectivity index (χ0) is 26.5. The fourth-order valence-electron chi connectivity index (χ4n) is 4.27. The van der Waals surface area contributed by atoms with Crippen LogP contribution in [-0.2, 0) is 13.1 Å². The molecule has 1 amide bonds. The lowest BCUT2D eigenvalue weighted by atomic mass is 10.0. The van der Waals surface area contributed by atoms with Gasteiger partial charge in [0.05, 0.1) is 54.6 Å². The lowest BCUT2D eigenvalue weighted by molar-refractivity contribution is 0.102. The number of ether oxygens (including phenoxy) is 2. The van der Waals surface area contributed by atoms with E-state index in [1.807, 2.05) is 86.4 Å². The number of nitrogens with one attached hydrogen (secondary N) is 1. The lowest BCUT2D eigenvalue weighted by Gasteiger charge is -2.12. The Balaban J connectivity index is 1.37. The molecule has 0 aliphatic rings. The highest BCUT2D eigenvalue weighted by molar-refractivity contribution is 6.13. The van der Waals surface area contributed by atoms with Gasteiger partial charge in [-0.2, -0.15) is 10.2 Å². The first kappa shape index (κ1) is 25.0. The first-order valence-corrected chi connectivity index (χ1v) is 12.7. The average Bonchev–Trinajstić information content (AvgIpc) is 3.59. The summed E-state index contributed by atoms with van der Waals surface area (Å²) in [7, 11) is 0. The number of carbonyl (C=O) groups excluding carboxylic acids is 1. The van der Waals surface area contributed by atoms with Crippen molar-refractivity contribution in [3.8, 4) is 22.8 Å². The Morgan fingerprint density at radius 2 is 1.68 bits per heavy atom. The molecular formula is C29H30N6O3. The molecule has 9 nitrogen and oxygen atoms in total. The summed E-state index contributed by atoms with van der Waals surface area (Å²) >= 11 is 0. The molecule has 0 saturated carbocycles. The Morgan fingerprint density at radius 3 is 2.47 bits per heavy atom. The second-order valence-electron chi connectivity index (χ2n) is 8.68. The van der Waals surface area contributed by atoms with Gasteiger partial charge in [0.2, 0.25) is 0 Å². The molecule has 38 heavy (non-hydrogen) atoms. The molecule has 0 unspecified atom stereocenters. The van der Waals surface area contributed by atoms with Crippen molar-refractivity contribution in [3.05, 3.63) is 84.4 Å². The quantitative estimate of drug-likeness (QED) is 0.270. The molecule has 5 aromatic rings. The molecule has 9 heteroatoms. The molecule has 0 fully saturated rings. The van der Waals surface area contributed by atoms with Crippen LogP contribution in [0.25, 0.3) is 22.2 Å². The summed E-state index contributed by atoms with van der Waals surface area (Å²) in [6.07, 6.45) is 7.15. The summed E-state index contributed by atoms with van der Waals surface area (Å²) in [5.41, 5.74) is 4.46. The number of hydrogen-bond acceptors (Lipinski definition) is 6. The summed E-state index contributed by atoms with van der Waals surface area (Å²) in [5.74, 6) is 1.20. The van der Waals surface area contributed by atoms with Crippen LogP contribution in [0.15, 0.2) is 73.3 Å². The van der Waals surface area contributed by atoms with E-state index in [2.05, 4.69) is 15.5 Å². The summed E-state index contributed by atoms with van der Waals surface area (Å²) in [5, 5.41) is 12.6. The van der Waals surface area contributed by atoms with Crippen LogP contribution in [0.5, 0.6) is 11.5 Å². The topological polar surface area (TPSA) is 96.1 Å². The normalized spacial score (nSPS) is 11.0. The van der Waals surface area contributed by atoms with Gasteiger partial charge in [-0.15, -0.1) is 0 Å². The first-order valence-electron chi connectivity index (χ1n) is 12.7. The second kappa shape index (κ2) is 11.2. The van der Waals surface area contributed by atoms with E-state index < -0.39 is 0 Å². The molecule has 194 valence electrons. The largest absolute Gasteiger partial charge is 0.490 e. The van der Waals surface area contributed by atoms with Crippen molar-refractivity contribution >= 4 is 22.5 Å². The second-order valence-corrected chi connectivity index (χ2v) is 8.68. The highest BCUT2D eigenvalue weighted by atomic mass is 16.5. The zero-order valence-electron chi connectivity index (χ0n) is 21.7. The number of aryl methyl sites for hydroxylation is 1. The number of carbonyl (C=O) groups is 1. The van der Waals surface area contributed by atoms with Crippen molar-refractivity contribution in [2.75, 3.05) is 18.5 Å². The number of amides is 1. The number of anilines is 1. The van der Waals surface area contributed by atoms with E-state index in [1.54, 1.807) is 17.1 Å². The predicted octanol–water partition coefficient (Wildman–Crippen LogP) is 5.41. The van der Waals surface area contributed by atoms with Gasteiger partial charge in [0.15, 0.2) is 11.5 Å². The highest BCUT2D eigenvalue weighted by Gasteiger charge is 2.16. The Bertz CT molecular complexity index is 1570. The van der Waals surface area contributed by atoms with E-state index in [4.69, 9.17) is 14.5 Å². The van der Waals surface area contributed by atoms with Crippen LogP contribution in [0.4, 0.5) is 5.69 Å². The minimum atomic E-state index is -0.230. The maximum Gasteiger partial charge on any atom is 0.256 e. The molecule has 0 aliphatic heterocycles. The molecule has 0 atom stereocenters. The van der Waals surface area contributed by atoms with Crippen molar-refractivity contribution in [2.24, 2.45) is 0 Å². The van der Waals surface area contributed by atoms with E-state index in [0.717, 1.165) is 34.3 Å². The highest BCUT2D eigenvalue weighted by Crippen LogP contribution is 2.29. The van der Waals surface area contributed by atoms with Crippen LogP contribution in [0.3, 0.4) is 0 Å². The van der Waals surface area contributed by atoms with E-state index in [0.29, 0.717) is 42.5 Å². The smallest absolute Gasteiger partial charge is 0.256 e. The third kappa shape index (κ3) is 5.36. The molecule has 0 bridgehead atoms. The standard InChI is InChI=1S/C29H30N6O3/c1-4-34-18-21(15-30-34)26-14-24(23-9-7-8-10-25(23)33-26)29(36)32-22-16-31-35(19-22)17-20-11-12-27(37-5-2)28(13-20)38-6-3/h7-16,18-19H,4-6,17H2,1-3H3,(H,32,36). The molecule has 3 aromatic heterocycles. The van der Waals surface area contributed by atoms with Crippen LogP contribution in [-0.4, -0.2) is 43.7 Å². The average molecular weight is 511 g/mol. The van der Waals surface area contributed by atoms with Gasteiger partial charge in [-0.3, -0.25) is 14.2 Å². The number of hydrogen-bond donors (Lipinski definition) is 1. The Labute approximate surface area is 221 Å². The number of benzene rings is 2. The van der Waals surface area contributed by atoms with Crippen molar-refractivity contribution in [3.63, 3.8) is 0 Å². The Morgan fingerprint density at radius 1 is 0.895 bits per heavy atom. The zero-order valence-corrected chi connectivity index (χ0v) is 21.7. The van der Waals surface area contributed by atoms with Gasteiger partial charge in [0, 0.05) is 29.9 Å². The summed E-state index contributed by atoms with van der Waals surface area (Å²) in [4.78, 5) is 18.2. The van der Waals surface area contributed by atoms with Crippen LogP contribution in [0.1, 0.15) is 36.7 Å². The molecular weight excluding hydrogens is 480 g/mol. The van der Waals surface area contributed by atoms with E-state index in [9.17, 15) is 4.79 Å². The number of nitrogens with zero attached hydrogens (tertiary/aromatic N) is 5. The van der Waals surface area contributed by atoms with Gasteiger partial charge < -0.3 is 14.8 Å². The number of pyridine rings is 1. The number of rotatable bonds is 10. The fourth-order valence-corrected chi connectivity index (χ4v) is 4.27. The minimum absolute atomic E-state index is 0.230. The van der Waals surface area contributed by atoms with Crippen molar-refractivity contribution in [1.82, 2.24) is 24.5 Å². The molecule has 5 rings (SSSR count). The summed E-state index contributed by atoms with van der Waals surface area (Å²) in [6.45, 7) is 8.31. The summed E-state index contributed by atoms with van der Waals surface area (Å²) < 4.78 is 15.0. The molecule has 3 heterocycles. The van der Waals surface area contributed by atoms with Gasteiger partial charge >= 0.3 is 0 Å². The van der Waals surface area contributed by atoms with Gasteiger partial charge in [-0.1, -0.05) is 24.3 Å². The molecule has 0 spiro atoms. The predicted molar refractivity (Wildman–Crippen MR) is 147 cm³/mol. The van der Waals surface area contributed by atoms with Gasteiger partial charge in [0.25, 0.3) is 5.91 Å². The third-order valence-corrected chi connectivity index (χ3v) is 6.06. The number of para-hydroxylation sites is 1.